The predicted octanol–water partition coefficient (Wildman–Crippen LogP) is 2.81. The van der Waals surface area contributed by atoms with Gasteiger partial charge in [0.15, 0.2) is 0 Å². The fraction of sp³-hybridized carbons (Fsp3) is 0.333. The molecular formula is C6H5BrF2OS. The van der Waals surface area contributed by atoms with Gasteiger partial charge in [-0.2, -0.15) is 0 Å². The second-order valence-electron chi connectivity index (χ2n) is 1.95. The highest BCUT2D eigenvalue weighted by Crippen LogP contribution is 2.28. The predicted molar refractivity (Wildman–Crippen MR) is 43.0 cm³/mol. The molecule has 1 aromatic rings. The van der Waals surface area contributed by atoms with Gasteiger partial charge in [0.1, 0.15) is 6.10 Å². The van der Waals surface area contributed by atoms with Crippen molar-refractivity contribution in [3.8, 4) is 0 Å². The van der Waals surface area contributed by atoms with Gasteiger partial charge in [-0.25, -0.2) is 8.78 Å². The second-order valence-corrected chi connectivity index (χ2v) is 3.81. The highest BCUT2D eigenvalue weighted by Gasteiger charge is 2.20. The number of alkyl halides is 2. The third-order valence-electron chi connectivity index (χ3n) is 1.12. The van der Waals surface area contributed by atoms with Crippen molar-refractivity contribution >= 4 is 27.3 Å². The highest BCUT2D eigenvalue weighted by molar-refractivity contribution is 9.10. The lowest BCUT2D eigenvalue weighted by Crippen LogP contribution is -2.05. The molecule has 0 aromatic carbocycles. The van der Waals surface area contributed by atoms with Gasteiger partial charge in [-0.1, -0.05) is 0 Å². The molecule has 1 unspecified atom stereocenters. The Bertz CT molecular complexity index is 238. The largest absolute Gasteiger partial charge is 0.382 e. The average Bonchev–Trinajstić information content (AvgIpc) is 2.34. The highest BCUT2D eigenvalue weighted by atomic mass is 79.9. The van der Waals surface area contributed by atoms with Crippen LogP contribution < -0.4 is 0 Å². The van der Waals surface area contributed by atoms with Gasteiger partial charge in [0.05, 0.1) is 0 Å². The van der Waals surface area contributed by atoms with E-state index in [4.69, 9.17) is 5.11 Å². The van der Waals surface area contributed by atoms with Crippen molar-refractivity contribution in [2.24, 2.45) is 0 Å². The summed E-state index contributed by atoms with van der Waals surface area (Å²) in [4.78, 5) is 0.284. The second kappa shape index (κ2) is 3.60. The summed E-state index contributed by atoms with van der Waals surface area (Å²) in [6, 6.07) is 1.49. The SMILES string of the molecule is OC(c1cc(Br)cs1)C(F)F. The molecule has 0 fully saturated rings. The molecule has 0 aliphatic carbocycles. The number of halogens is 3. The maximum Gasteiger partial charge on any atom is 0.268 e. The van der Waals surface area contributed by atoms with Crippen LogP contribution in [-0.4, -0.2) is 11.5 Å². The third-order valence-corrected chi connectivity index (χ3v) is 2.88. The molecule has 0 radical (unpaired) electrons. The number of hydrogen-bond donors (Lipinski definition) is 1. The van der Waals surface area contributed by atoms with Gasteiger partial charge in [-0.15, -0.1) is 11.3 Å². The van der Waals surface area contributed by atoms with Gasteiger partial charge in [0.2, 0.25) is 0 Å². The molecule has 0 saturated carbocycles. The lowest BCUT2D eigenvalue weighted by Gasteiger charge is -2.04. The molecule has 0 spiro atoms. The van der Waals surface area contributed by atoms with Crippen molar-refractivity contribution in [2.45, 2.75) is 12.5 Å². The standard InChI is InChI=1S/C6H5BrF2OS/c7-3-1-4(11-2-3)5(10)6(8)9/h1-2,5-6,10H. The van der Waals surface area contributed by atoms with Gasteiger partial charge in [-0.3, -0.25) is 0 Å². The molecule has 0 saturated heterocycles. The van der Waals surface area contributed by atoms with E-state index in [-0.39, 0.29) is 4.88 Å². The van der Waals surface area contributed by atoms with E-state index in [1.807, 2.05) is 0 Å². The van der Waals surface area contributed by atoms with Crippen LogP contribution in [0, 0.1) is 0 Å². The van der Waals surface area contributed by atoms with Crippen LogP contribution in [0.1, 0.15) is 11.0 Å². The molecule has 62 valence electrons. The Kier molecular flexibility index (Phi) is 2.98. The monoisotopic (exact) mass is 242 g/mol. The Morgan fingerprint density at radius 3 is 2.55 bits per heavy atom. The zero-order valence-electron chi connectivity index (χ0n) is 5.30. The van der Waals surface area contributed by atoms with Crippen LogP contribution in [0.3, 0.4) is 0 Å². The number of hydrogen-bond acceptors (Lipinski definition) is 2. The van der Waals surface area contributed by atoms with Crippen LogP contribution in [0.15, 0.2) is 15.9 Å². The first-order valence-corrected chi connectivity index (χ1v) is 4.48. The zero-order chi connectivity index (χ0) is 8.43. The molecule has 0 aliphatic heterocycles. The molecule has 5 heteroatoms. The maximum atomic E-state index is 11.9. The van der Waals surface area contributed by atoms with Crippen LogP contribution in [0.2, 0.25) is 0 Å². The molecule has 0 aliphatic rings. The molecule has 1 atom stereocenters. The number of aliphatic hydroxyl groups is 1. The van der Waals surface area contributed by atoms with E-state index in [0.29, 0.717) is 0 Å². The van der Waals surface area contributed by atoms with Crippen molar-refractivity contribution < 1.29 is 13.9 Å². The molecule has 11 heavy (non-hydrogen) atoms. The molecule has 1 aromatic heterocycles. The van der Waals surface area contributed by atoms with E-state index >= 15 is 0 Å². The van der Waals surface area contributed by atoms with Gasteiger partial charge in [-0.05, 0) is 22.0 Å². The van der Waals surface area contributed by atoms with Crippen molar-refractivity contribution in [3.05, 3.63) is 20.8 Å². The maximum absolute atomic E-state index is 11.9. The summed E-state index contributed by atoms with van der Waals surface area (Å²) in [5.41, 5.74) is 0. The summed E-state index contributed by atoms with van der Waals surface area (Å²) in [6.07, 6.45) is -4.35. The van der Waals surface area contributed by atoms with Crippen LogP contribution in [0.25, 0.3) is 0 Å². The van der Waals surface area contributed by atoms with Crippen molar-refractivity contribution in [1.29, 1.82) is 0 Å². The lowest BCUT2D eigenvalue weighted by atomic mass is 10.3. The van der Waals surface area contributed by atoms with Crippen LogP contribution in [-0.2, 0) is 0 Å². The van der Waals surface area contributed by atoms with Gasteiger partial charge in [0.25, 0.3) is 6.43 Å². The Hall–Kier alpha value is -0.0000000000000000833. The van der Waals surface area contributed by atoms with E-state index < -0.39 is 12.5 Å². The summed E-state index contributed by atoms with van der Waals surface area (Å²) < 4.78 is 24.4. The Morgan fingerprint density at radius 1 is 1.55 bits per heavy atom. The summed E-state index contributed by atoms with van der Waals surface area (Å²) >= 11 is 4.21. The minimum absolute atomic E-state index is 0.284. The molecule has 1 nitrogen and oxygen atoms in total. The third kappa shape index (κ3) is 2.21. The fourth-order valence-electron chi connectivity index (χ4n) is 0.608. The molecule has 1 heterocycles. The van der Waals surface area contributed by atoms with Gasteiger partial charge in [0, 0.05) is 14.7 Å². The first-order chi connectivity index (χ1) is 5.11. The molecule has 1 N–H and O–H groups in total. The number of aliphatic hydroxyl groups excluding tert-OH is 1. The van der Waals surface area contributed by atoms with E-state index in [2.05, 4.69) is 15.9 Å². The van der Waals surface area contributed by atoms with E-state index in [1.54, 1.807) is 5.38 Å². The van der Waals surface area contributed by atoms with Crippen molar-refractivity contribution in [1.82, 2.24) is 0 Å². The molecule has 0 amide bonds. The molecule has 0 bridgehead atoms. The van der Waals surface area contributed by atoms with Gasteiger partial charge < -0.3 is 5.11 Å². The lowest BCUT2D eigenvalue weighted by molar-refractivity contribution is -0.00371. The minimum atomic E-state index is -2.71. The Labute approximate surface area is 74.8 Å². The van der Waals surface area contributed by atoms with Crippen molar-refractivity contribution in [2.75, 3.05) is 0 Å². The Balaban J connectivity index is 2.76. The summed E-state index contributed by atoms with van der Waals surface area (Å²) in [5.74, 6) is 0. The summed E-state index contributed by atoms with van der Waals surface area (Å²) in [7, 11) is 0. The normalized spacial score (nSPS) is 13.9. The number of rotatable bonds is 2. The minimum Gasteiger partial charge on any atom is -0.382 e. The smallest absolute Gasteiger partial charge is 0.268 e. The van der Waals surface area contributed by atoms with E-state index in [9.17, 15) is 8.78 Å². The average molecular weight is 243 g/mol. The quantitative estimate of drug-likeness (QED) is 0.846. The van der Waals surface area contributed by atoms with Crippen LogP contribution in [0.5, 0.6) is 0 Å². The van der Waals surface area contributed by atoms with E-state index in [1.165, 1.54) is 6.07 Å². The van der Waals surface area contributed by atoms with Crippen LogP contribution >= 0.6 is 27.3 Å². The molecular weight excluding hydrogens is 238 g/mol. The zero-order valence-corrected chi connectivity index (χ0v) is 7.70. The van der Waals surface area contributed by atoms with Crippen molar-refractivity contribution in [3.63, 3.8) is 0 Å². The van der Waals surface area contributed by atoms with Crippen LogP contribution in [0.4, 0.5) is 8.78 Å². The summed E-state index contributed by atoms with van der Waals surface area (Å²) in [5, 5.41) is 10.5. The summed E-state index contributed by atoms with van der Waals surface area (Å²) in [6.45, 7) is 0. The van der Waals surface area contributed by atoms with E-state index in [0.717, 1.165) is 15.8 Å². The number of thiophene rings is 1. The topological polar surface area (TPSA) is 20.2 Å². The Morgan fingerprint density at radius 2 is 2.18 bits per heavy atom. The first kappa shape index (κ1) is 9.09. The first-order valence-electron chi connectivity index (χ1n) is 2.81. The van der Waals surface area contributed by atoms with Gasteiger partial charge >= 0.3 is 0 Å². The fourth-order valence-corrected chi connectivity index (χ4v) is 2.04. The molecule has 1 rings (SSSR count).